The minimum atomic E-state index is -0.523. The molecular formula is C15H17BrN2O2. The first-order valence-corrected chi connectivity index (χ1v) is 7.11. The molecule has 106 valence electrons. The molecule has 0 aliphatic rings. The monoisotopic (exact) mass is 336 g/mol. The number of rotatable bonds is 1. The number of nitrogens with zero attached hydrogens (tertiary/aromatic N) is 1. The van der Waals surface area contributed by atoms with E-state index in [1.54, 1.807) is 0 Å². The van der Waals surface area contributed by atoms with Crippen molar-refractivity contribution >= 4 is 38.6 Å². The fourth-order valence-corrected chi connectivity index (χ4v) is 2.26. The van der Waals surface area contributed by atoms with Crippen molar-refractivity contribution in [1.82, 2.24) is 4.98 Å². The van der Waals surface area contributed by atoms with E-state index in [1.807, 2.05) is 52.0 Å². The van der Waals surface area contributed by atoms with Gasteiger partial charge in [0.1, 0.15) is 5.60 Å². The van der Waals surface area contributed by atoms with Crippen molar-refractivity contribution in [3.8, 4) is 0 Å². The van der Waals surface area contributed by atoms with Crippen molar-refractivity contribution in [2.45, 2.75) is 33.3 Å². The highest BCUT2D eigenvalue weighted by Crippen LogP contribution is 2.26. The van der Waals surface area contributed by atoms with Crippen LogP contribution in [0.4, 0.5) is 10.5 Å². The maximum atomic E-state index is 11.8. The number of para-hydroxylation sites is 1. The molecule has 2 rings (SSSR count). The third kappa shape index (κ3) is 3.48. The van der Waals surface area contributed by atoms with Crippen LogP contribution >= 0.6 is 15.9 Å². The van der Waals surface area contributed by atoms with E-state index in [0.717, 1.165) is 21.1 Å². The predicted octanol–water partition coefficient (Wildman–Crippen LogP) is 4.65. The maximum absolute atomic E-state index is 11.8. The van der Waals surface area contributed by atoms with Crippen molar-refractivity contribution in [3.63, 3.8) is 0 Å². The van der Waals surface area contributed by atoms with Gasteiger partial charge in [-0.1, -0.05) is 12.1 Å². The van der Waals surface area contributed by atoms with Gasteiger partial charge in [0.05, 0.1) is 16.9 Å². The number of ether oxygens (including phenoxy) is 1. The number of pyridine rings is 1. The lowest BCUT2D eigenvalue weighted by atomic mass is 10.2. The quantitative estimate of drug-likeness (QED) is 0.824. The number of halogens is 1. The van der Waals surface area contributed by atoms with Gasteiger partial charge < -0.3 is 4.74 Å². The number of anilines is 1. The van der Waals surface area contributed by atoms with Gasteiger partial charge in [-0.3, -0.25) is 5.32 Å². The zero-order chi connectivity index (χ0) is 14.9. The third-order valence-corrected chi connectivity index (χ3v) is 3.26. The summed E-state index contributed by atoms with van der Waals surface area (Å²) in [6.07, 6.45) is -0.475. The SMILES string of the molecule is Cc1nc2c(Br)cccc2cc1NC(=O)OC(C)(C)C. The Bertz CT molecular complexity index is 663. The molecule has 2 aromatic rings. The molecule has 1 heterocycles. The molecule has 0 aliphatic heterocycles. The summed E-state index contributed by atoms with van der Waals surface area (Å²) >= 11 is 3.47. The molecule has 0 saturated carbocycles. The molecule has 0 unspecified atom stereocenters. The summed E-state index contributed by atoms with van der Waals surface area (Å²) in [6, 6.07) is 7.72. The van der Waals surface area contributed by atoms with Gasteiger partial charge in [-0.15, -0.1) is 0 Å². The predicted molar refractivity (Wildman–Crippen MR) is 84.0 cm³/mol. The number of carbonyl (C=O) groups is 1. The minimum Gasteiger partial charge on any atom is -0.444 e. The van der Waals surface area contributed by atoms with Gasteiger partial charge in [-0.2, -0.15) is 0 Å². The molecule has 0 spiro atoms. The lowest BCUT2D eigenvalue weighted by Crippen LogP contribution is -2.27. The molecule has 5 heteroatoms. The Hall–Kier alpha value is -1.62. The van der Waals surface area contributed by atoms with Gasteiger partial charge in [-0.25, -0.2) is 9.78 Å². The summed E-state index contributed by atoms with van der Waals surface area (Å²) in [5.41, 5.74) is 1.76. The first kappa shape index (κ1) is 14.8. The Kier molecular flexibility index (Phi) is 3.99. The zero-order valence-electron chi connectivity index (χ0n) is 12.0. The number of nitrogens with one attached hydrogen (secondary N) is 1. The average molecular weight is 337 g/mol. The van der Waals surface area contributed by atoms with E-state index in [0.29, 0.717) is 5.69 Å². The van der Waals surface area contributed by atoms with Crippen LogP contribution in [0.5, 0.6) is 0 Å². The Morgan fingerprint density at radius 2 is 2.05 bits per heavy atom. The molecule has 0 aliphatic carbocycles. The largest absolute Gasteiger partial charge is 0.444 e. The normalized spacial score (nSPS) is 11.4. The molecule has 0 radical (unpaired) electrons. The molecule has 1 amide bonds. The molecular weight excluding hydrogens is 320 g/mol. The number of hydrogen-bond donors (Lipinski definition) is 1. The van der Waals surface area contributed by atoms with Gasteiger partial charge in [0.25, 0.3) is 0 Å². The first-order chi connectivity index (χ1) is 9.26. The molecule has 1 aromatic heterocycles. The van der Waals surface area contributed by atoms with E-state index in [2.05, 4.69) is 26.2 Å². The van der Waals surface area contributed by atoms with Crippen LogP contribution in [0.2, 0.25) is 0 Å². The van der Waals surface area contributed by atoms with Crippen molar-refractivity contribution < 1.29 is 9.53 Å². The molecule has 0 bridgehead atoms. The molecule has 1 N–H and O–H groups in total. The highest BCUT2D eigenvalue weighted by molar-refractivity contribution is 9.10. The Balaban J connectivity index is 2.31. The second kappa shape index (κ2) is 5.40. The van der Waals surface area contributed by atoms with Gasteiger partial charge in [0, 0.05) is 9.86 Å². The highest BCUT2D eigenvalue weighted by Gasteiger charge is 2.17. The van der Waals surface area contributed by atoms with Crippen LogP contribution in [0.25, 0.3) is 10.9 Å². The van der Waals surface area contributed by atoms with Crippen molar-refractivity contribution in [2.24, 2.45) is 0 Å². The minimum absolute atomic E-state index is 0.475. The van der Waals surface area contributed by atoms with Gasteiger partial charge in [0.2, 0.25) is 0 Å². The topological polar surface area (TPSA) is 51.2 Å². The first-order valence-electron chi connectivity index (χ1n) is 6.32. The smallest absolute Gasteiger partial charge is 0.412 e. The molecule has 0 saturated heterocycles. The Labute approximate surface area is 126 Å². The van der Waals surface area contributed by atoms with Gasteiger partial charge in [-0.05, 0) is 55.8 Å². The number of fused-ring (bicyclic) bond motifs is 1. The van der Waals surface area contributed by atoms with E-state index in [9.17, 15) is 4.79 Å². The van der Waals surface area contributed by atoms with E-state index in [1.165, 1.54) is 0 Å². The summed E-state index contributed by atoms with van der Waals surface area (Å²) in [6.45, 7) is 7.34. The van der Waals surface area contributed by atoms with Crippen LogP contribution in [0.3, 0.4) is 0 Å². The van der Waals surface area contributed by atoms with Crippen LogP contribution in [0, 0.1) is 6.92 Å². The lowest BCUT2D eigenvalue weighted by molar-refractivity contribution is 0.0636. The Morgan fingerprint density at radius 3 is 2.70 bits per heavy atom. The fraction of sp³-hybridized carbons (Fsp3) is 0.333. The maximum Gasteiger partial charge on any atom is 0.412 e. The van der Waals surface area contributed by atoms with Gasteiger partial charge >= 0.3 is 6.09 Å². The number of carbonyl (C=O) groups excluding carboxylic acids is 1. The van der Waals surface area contributed by atoms with Crippen LogP contribution in [-0.4, -0.2) is 16.7 Å². The van der Waals surface area contributed by atoms with E-state index < -0.39 is 11.7 Å². The summed E-state index contributed by atoms with van der Waals surface area (Å²) in [4.78, 5) is 16.3. The molecule has 4 nitrogen and oxygen atoms in total. The lowest BCUT2D eigenvalue weighted by Gasteiger charge is -2.20. The number of aryl methyl sites for hydroxylation is 1. The molecule has 1 aromatic carbocycles. The number of amides is 1. The van der Waals surface area contributed by atoms with Crippen LogP contribution in [0.1, 0.15) is 26.5 Å². The van der Waals surface area contributed by atoms with Gasteiger partial charge in [0.15, 0.2) is 0 Å². The molecule has 0 fully saturated rings. The summed E-state index contributed by atoms with van der Waals surface area (Å²) in [7, 11) is 0. The summed E-state index contributed by atoms with van der Waals surface area (Å²) in [5, 5.41) is 3.69. The molecule has 20 heavy (non-hydrogen) atoms. The van der Waals surface area contributed by atoms with E-state index in [4.69, 9.17) is 4.74 Å². The summed E-state index contributed by atoms with van der Waals surface area (Å²) < 4.78 is 6.18. The number of aromatic nitrogens is 1. The second-order valence-electron chi connectivity index (χ2n) is 5.56. The zero-order valence-corrected chi connectivity index (χ0v) is 13.5. The van der Waals surface area contributed by atoms with Crippen LogP contribution in [0.15, 0.2) is 28.7 Å². The third-order valence-electron chi connectivity index (χ3n) is 2.62. The Morgan fingerprint density at radius 1 is 1.35 bits per heavy atom. The fourth-order valence-electron chi connectivity index (χ4n) is 1.79. The standard InChI is InChI=1S/C15H17BrN2O2/c1-9-12(18-14(19)20-15(2,3)4)8-10-6-5-7-11(16)13(10)17-9/h5-8H,1-4H3,(H,18,19). The van der Waals surface area contributed by atoms with Crippen molar-refractivity contribution in [2.75, 3.05) is 5.32 Å². The number of hydrogen-bond acceptors (Lipinski definition) is 3. The van der Waals surface area contributed by atoms with Crippen LogP contribution in [-0.2, 0) is 4.74 Å². The van der Waals surface area contributed by atoms with Crippen molar-refractivity contribution in [1.29, 1.82) is 0 Å². The van der Waals surface area contributed by atoms with E-state index >= 15 is 0 Å². The molecule has 0 atom stereocenters. The van der Waals surface area contributed by atoms with E-state index in [-0.39, 0.29) is 0 Å². The number of benzene rings is 1. The van der Waals surface area contributed by atoms with Crippen LogP contribution < -0.4 is 5.32 Å². The second-order valence-corrected chi connectivity index (χ2v) is 6.41. The average Bonchev–Trinajstić information content (AvgIpc) is 2.29. The summed E-state index contributed by atoms with van der Waals surface area (Å²) in [5.74, 6) is 0. The highest BCUT2D eigenvalue weighted by atomic mass is 79.9. The van der Waals surface area contributed by atoms with Crippen molar-refractivity contribution in [3.05, 3.63) is 34.4 Å².